The lowest BCUT2D eigenvalue weighted by atomic mass is 9.90. The second kappa shape index (κ2) is 13.2. The fourth-order valence-corrected chi connectivity index (χ4v) is 9.96. The van der Waals surface area contributed by atoms with Crippen LogP contribution in [0.2, 0.25) is 0 Å². The predicted molar refractivity (Wildman–Crippen MR) is 242 cm³/mol. The van der Waals surface area contributed by atoms with E-state index in [4.69, 9.17) is 19.4 Å². The summed E-state index contributed by atoms with van der Waals surface area (Å²) in [6, 6.07) is 58.1. The minimum Gasteiger partial charge on any atom is -0.455 e. The number of aryl methyl sites for hydroxylation is 1. The number of rotatable bonds is 5. The van der Waals surface area contributed by atoms with Gasteiger partial charge in [0.05, 0.1) is 0 Å². The summed E-state index contributed by atoms with van der Waals surface area (Å²) >= 11 is 1.80. The fourth-order valence-electron chi connectivity index (χ4n) is 8.83. The first-order valence-corrected chi connectivity index (χ1v) is 20.5. The van der Waals surface area contributed by atoms with Crippen molar-refractivity contribution in [3.05, 3.63) is 181 Å². The van der Waals surface area contributed by atoms with Gasteiger partial charge in [-0.15, -0.1) is 11.3 Å². The number of aromatic nitrogens is 3. The molecule has 0 unspecified atom stereocenters. The van der Waals surface area contributed by atoms with Gasteiger partial charge in [-0.2, -0.15) is 0 Å². The van der Waals surface area contributed by atoms with Gasteiger partial charge in [0.25, 0.3) is 0 Å². The van der Waals surface area contributed by atoms with Gasteiger partial charge in [0.2, 0.25) is 0 Å². The van der Waals surface area contributed by atoms with Crippen molar-refractivity contribution in [3.8, 4) is 56.4 Å². The monoisotopic (exact) mass is 759 g/mol. The van der Waals surface area contributed by atoms with E-state index in [1.54, 1.807) is 11.3 Å². The van der Waals surface area contributed by atoms with E-state index in [2.05, 4.69) is 170 Å². The smallest absolute Gasteiger partial charge is 0.164 e. The molecule has 11 aromatic rings. The molecular formula is C53H33N3OS. The van der Waals surface area contributed by atoms with E-state index in [1.807, 2.05) is 6.07 Å². The number of hydrogen-bond donors (Lipinski definition) is 0. The quantitative estimate of drug-likeness (QED) is 0.175. The molecule has 58 heavy (non-hydrogen) atoms. The van der Waals surface area contributed by atoms with E-state index in [9.17, 15) is 0 Å². The number of thiophene rings is 1. The van der Waals surface area contributed by atoms with Gasteiger partial charge < -0.3 is 4.42 Å². The first kappa shape index (κ1) is 33.0. The Morgan fingerprint density at radius 1 is 0.466 bits per heavy atom. The fraction of sp³-hybridized carbons (Fsp3) is 0.0377. The summed E-state index contributed by atoms with van der Waals surface area (Å²) in [5, 5.41) is 6.84. The van der Waals surface area contributed by atoms with Crippen LogP contribution in [0, 0.1) is 0 Å². The number of benzene rings is 8. The third-order valence-corrected chi connectivity index (χ3v) is 12.7. The first-order valence-electron chi connectivity index (χ1n) is 19.7. The molecule has 5 heteroatoms. The van der Waals surface area contributed by atoms with Crippen LogP contribution < -0.4 is 0 Å². The molecule has 0 amide bonds. The third-order valence-electron chi connectivity index (χ3n) is 11.6. The molecule has 0 bridgehead atoms. The summed E-state index contributed by atoms with van der Waals surface area (Å²) in [4.78, 5) is 16.0. The Hall–Kier alpha value is -7.21. The number of allylic oxidation sites excluding steroid dienone is 1. The van der Waals surface area contributed by atoms with E-state index in [1.165, 1.54) is 36.7 Å². The second-order valence-electron chi connectivity index (χ2n) is 15.0. The van der Waals surface area contributed by atoms with Crippen LogP contribution in [-0.4, -0.2) is 15.0 Å². The Kier molecular flexibility index (Phi) is 7.50. The van der Waals surface area contributed by atoms with Crippen LogP contribution in [0.1, 0.15) is 17.5 Å². The number of furan rings is 1. The number of fused-ring (bicyclic) bond motifs is 8. The van der Waals surface area contributed by atoms with Crippen molar-refractivity contribution in [1.82, 2.24) is 15.0 Å². The van der Waals surface area contributed by atoms with Crippen LogP contribution in [-0.2, 0) is 6.42 Å². The average Bonchev–Trinajstić information content (AvgIpc) is 3.88. The third kappa shape index (κ3) is 5.32. The molecule has 0 spiro atoms. The molecule has 1 aliphatic carbocycles. The van der Waals surface area contributed by atoms with Gasteiger partial charge in [-0.25, -0.2) is 15.0 Å². The van der Waals surface area contributed by atoms with Gasteiger partial charge in [0.1, 0.15) is 11.2 Å². The highest BCUT2D eigenvalue weighted by Gasteiger charge is 2.23. The molecule has 3 aromatic heterocycles. The molecule has 0 saturated carbocycles. The van der Waals surface area contributed by atoms with Gasteiger partial charge >= 0.3 is 0 Å². The zero-order chi connectivity index (χ0) is 38.2. The van der Waals surface area contributed by atoms with E-state index < -0.39 is 0 Å². The number of nitrogens with zero attached hydrogens (tertiary/aromatic N) is 3. The molecule has 0 radical (unpaired) electrons. The van der Waals surface area contributed by atoms with Crippen LogP contribution >= 0.6 is 11.3 Å². The zero-order valence-electron chi connectivity index (χ0n) is 31.3. The molecular weight excluding hydrogens is 727 g/mol. The highest BCUT2D eigenvalue weighted by Crippen LogP contribution is 2.45. The van der Waals surface area contributed by atoms with Crippen molar-refractivity contribution in [2.24, 2.45) is 0 Å². The van der Waals surface area contributed by atoms with Crippen LogP contribution in [0.25, 0.3) is 115 Å². The minimum atomic E-state index is 0.619. The SMILES string of the molecule is C1=Cc2ccc(-c3ccc(-c4ccccc4-c4nc(-c5ccc6ccccc6c5)nc(-c5cccc6sc7ccccc7c56)n4)c4c3oc3ccccc34)cc2CC1. The zero-order valence-corrected chi connectivity index (χ0v) is 32.1. The summed E-state index contributed by atoms with van der Waals surface area (Å²) in [6.45, 7) is 0. The van der Waals surface area contributed by atoms with Gasteiger partial charge in [0, 0.05) is 53.2 Å². The molecule has 4 nitrogen and oxygen atoms in total. The standard InChI is InChI=1S/C53H33N3OS/c1-3-14-34-30-36(26-24-32(34)12-1)38-28-29-40(49-42-18-7-9-21-45(42)57-50(38)49)39-16-5-6-17-41(39)52-54-51(37-27-25-33-13-2-4-15-35(33)31-37)55-53(56-52)44-20-11-23-47-48(44)43-19-8-10-22-46(43)58-47/h1-2,4-13,15-31H,3,14H2. The van der Waals surface area contributed by atoms with Gasteiger partial charge in [-0.1, -0.05) is 146 Å². The lowest BCUT2D eigenvalue weighted by Gasteiger charge is -2.15. The van der Waals surface area contributed by atoms with Crippen molar-refractivity contribution in [1.29, 1.82) is 0 Å². The Balaban J connectivity index is 1.10. The molecule has 12 rings (SSSR count). The van der Waals surface area contributed by atoms with E-state index in [0.29, 0.717) is 17.5 Å². The summed E-state index contributed by atoms with van der Waals surface area (Å²) < 4.78 is 9.24. The Bertz CT molecular complexity index is 3480. The van der Waals surface area contributed by atoms with Crippen LogP contribution in [0.5, 0.6) is 0 Å². The molecule has 0 N–H and O–H groups in total. The van der Waals surface area contributed by atoms with Crippen molar-refractivity contribution >= 4 is 70.3 Å². The Morgan fingerprint density at radius 2 is 1.17 bits per heavy atom. The largest absolute Gasteiger partial charge is 0.455 e. The van der Waals surface area contributed by atoms with E-state index in [0.717, 1.165) is 79.1 Å². The summed E-state index contributed by atoms with van der Waals surface area (Å²) in [5.41, 5.74) is 11.6. The lowest BCUT2D eigenvalue weighted by Crippen LogP contribution is -2.01. The number of para-hydroxylation sites is 1. The van der Waals surface area contributed by atoms with Gasteiger partial charge in [-0.05, 0) is 81.8 Å². The Labute approximate surface area is 338 Å². The van der Waals surface area contributed by atoms with Gasteiger partial charge in [0.15, 0.2) is 17.5 Å². The maximum atomic E-state index is 6.79. The topological polar surface area (TPSA) is 51.8 Å². The van der Waals surface area contributed by atoms with E-state index >= 15 is 0 Å². The molecule has 0 fully saturated rings. The highest BCUT2D eigenvalue weighted by atomic mass is 32.1. The average molecular weight is 760 g/mol. The van der Waals surface area contributed by atoms with Crippen LogP contribution in [0.3, 0.4) is 0 Å². The van der Waals surface area contributed by atoms with Crippen LogP contribution in [0.15, 0.2) is 174 Å². The number of hydrogen-bond acceptors (Lipinski definition) is 5. The predicted octanol–water partition coefficient (Wildman–Crippen LogP) is 14.6. The Morgan fingerprint density at radius 3 is 2.10 bits per heavy atom. The van der Waals surface area contributed by atoms with Crippen molar-refractivity contribution in [3.63, 3.8) is 0 Å². The molecule has 3 heterocycles. The van der Waals surface area contributed by atoms with Crippen LogP contribution in [0.4, 0.5) is 0 Å². The molecule has 1 aliphatic rings. The molecule has 0 saturated heterocycles. The van der Waals surface area contributed by atoms with Crippen molar-refractivity contribution in [2.45, 2.75) is 12.8 Å². The molecule has 0 atom stereocenters. The first-order chi connectivity index (χ1) is 28.7. The summed E-state index contributed by atoms with van der Waals surface area (Å²) in [7, 11) is 0. The molecule has 272 valence electrons. The van der Waals surface area contributed by atoms with Gasteiger partial charge in [-0.3, -0.25) is 0 Å². The molecule has 8 aromatic carbocycles. The summed E-state index contributed by atoms with van der Waals surface area (Å²) in [6.07, 6.45) is 6.60. The maximum absolute atomic E-state index is 6.79. The normalized spacial score (nSPS) is 12.6. The lowest BCUT2D eigenvalue weighted by molar-refractivity contribution is 0.670. The highest BCUT2D eigenvalue weighted by molar-refractivity contribution is 7.25. The van der Waals surface area contributed by atoms with Crippen molar-refractivity contribution < 1.29 is 4.42 Å². The minimum absolute atomic E-state index is 0.619. The van der Waals surface area contributed by atoms with Crippen molar-refractivity contribution in [2.75, 3.05) is 0 Å². The second-order valence-corrected chi connectivity index (χ2v) is 16.1. The maximum Gasteiger partial charge on any atom is 0.164 e. The van der Waals surface area contributed by atoms with E-state index in [-0.39, 0.29) is 0 Å². The molecule has 0 aliphatic heterocycles. The summed E-state index contributed by atoms with van der Waals surface area (Å²) in [5.74, 6) is 1.90.